The first kappa shape index (κ1) is 19.4. The summed E-state index contributed by atoms with van der Waals surface area (Å²) in [5, 5.41) is 0. The number of hydrogen-bond acceptors (Lipinski definition) is 4. The van der Waals surface area contributed by atoms with E-state index in [9.17, 15) is 4.79 Å². The van der Waals surface area contributed by atoms with Gasteiger partial charge in [0.2, 0.25) is 5.89 Å². The van der Waals surface area contributed by atoms with Crippen molar-refractivity contribution in [1.82, 2.24) is 9.88 Å². The first-order valence-electron chi connectivity index (χ1n) is 10.3. The first-order valence-corrected chi connectivity index (χ1v) is 10.3. The van der Waals surface area contributed by atoms with Crippen molar-refractivity contribution in [2.45, 2.75) is 31.7 Å². The van der Waals surface area contributed by atoms with E-state index in [-0.39, 0.29) is 11.9 Å². The number of carbonyl (C=O) groups excluding carboxylic acids is 1. The Morgan fingerprint density at radius 1 is 1.03 bits per heavy atom. The van der Waals surface area contributed by atoms with Gasteiger partial charge in [-0.15, -0.1) is 0 Å². The smallest absolute Gasteiger partial charge is 0.275 e. The quantitative estimate of drug-likeness (QED) is 0.691. The van der Waals surface area contributed by atoms with Gasteiger partial charge in [-0.25, -0.2) is 4.98 Å². The van der Waals surface area contributed by atoms with Gasteiger partial charge in [0.1, 0.15) is 6.26 Å². The summed E-state index contributed by atoms with van der Waals surface area (Å²) in [5.41, 5.74) is 9.06. The molecule has 29 heavy (non-hydrogen) atoms. The first-order chi connectivity index (χ1) is 14.2. The molecule has 0 aliphatic carbocycles. The van der Waals surface area contributed by atoms with Crippen molar-refractivity contribution >= 4 is 5.91 Å². The van der Waals surface area contributed by atoms with E-state index in [0.29, 0.717) is 23.9 Å². The lowest BCUT2D eigenvalue weighted by molar-refractivity contribution is 0.0684. The van der Waals surface area contributed by atoms with Crippen LogP contribution >= 0.6 is 0 Å². The molecule has 1 unspecified atom stereocenters. The van der Waals surface area contributed by atoms with Crippen molar-refractivity contribution in [2.75, 3.05) is 13.1 Å². The molecule has 2 aromatic carbocycles. The molecule has 150 valence electrons. The molecule has 1 aromatic heterocycles. The molecule has 2 heterocycles. The van der Waals surface area contributed by atoms with Gasteiger partial charge in [-0.1, -0.05) is 60.7 Å². The summed E-state index contributed by atoms with van der Waals surface area (Å²) < 4.78 is 5.53. The number of nitrogens with zero attached hydrogens (tertiary/aromatic N) is 2. The molecule has 0 saturated carbocycles. The molecule has 2 N–H and O–H groups in total. The molecule has 0 bridgehead atoms. The van der Waals surface area contributed by atoms with Crippen molar-refractivity contribution in [3.63, 3.8) is 0 Å². The highest BCUT2D eigenvalue weighted by atomic mass is 16.3. The molecular weight excluding hydrogens is 362 g/mol. The van der Waals surface area contributed by atoms with E-state index in [1.165, 1.54) is 11.8 Å². The fourth-order valence-electron chi connectivity index (χ4n) is 3.96. The van der Waals surface area contributed by atoms with Gasteiger partial charge in [-0.05, 0) is 42.7 Å². The Balaban J connectivity index is 1.31. The maximum atomic E-state index is 12.8. The molecular formula is C24H27N3O2. The number of hydrogen-bond donors (Lipinski definition) is 1. The fraction of sp³-hybridized carbons (Fsp3) is 0.333. The van der Waals surface area contributed by atoms with E-state index in [2.05, 4.69) is 29.2 Å². The van der Waals surface area contributed by atoms with Crippen molar-refractivity contribution in [1.29, 1.82) is 0 Å². The van der Waals surface area contributed by atoms with E-state index < -0.39 is 0 Å². The predicted octanol–water partition coefficient (Wildman–Crippen LogP) is 4.01. The number of oxazole rings is 1. The average molecular weight is 389 g/mol. The Morgan fingerprint density at radius 2 is 1.66 bits per heavy atom. The van der Waals surface area contributed by atoms with Gasteiger partial charge < -0.3 is 15.1 Å². The van der Waals surface area contributed by atoms with E-state index in [1.54, 1.807) is 0 Å². The molecule has 1 amide bonds. The predicted molar refractivity (Wildman–Crippen MR) is 112 cm³/mol. The minimum atomic E-state index is -0.365. The van der Waals surface area contributed by atoms with Crippen molar-refractivity contribution < 1.29 is 9.21 Å². The molecule has 1 aliphatic heterocycles. The molecule has 1 saturated heterocycles. The van der Waals surface area contributed by atoms with Crippen LogP contribution in [0.25, 0.3) is 0 Å². The Kier molecular flexibility index (Phi) is 6.06. The maximum absolute atomic E-state index is 12.8. The summed E-state index contributed by atoms with van der Waals surface area (Å²) in [6.45, 7) is 1.52. The van der Waals surface area contributed by atoms with Crippen molar-refractivity contribution in [3.05, 3.63) is 89.6 Å². The summed E-state index contributed by atoms with van der Waals surface area (Å²) in [6, 6.07) is 20.2. The number of nitrogens with two attached hydrogens (primary N) is 1. The van der Waals surface area contributed by atoms with E-state index >= 15 is 0 Å². The van der Waals surface area contributed by atoms with Crippen LogP contribution in [-0.2, 0) is 12.8 Å². The zero-order valence-corrected chi connectivity index (χ0v) is 16.5. The van der Waals surface area contributed by atoms with Crippen LogP contribution in [-0.4, -0.2) is 28.9 Å². The molecule has 5 nitrogen and oxygen atoms in total. The van der Waals surface area contributed by atoms with Gasteiger partial charge in [0.25, 0.3) is 5.91 Å². The van der Waals surface area contributed by atoms with E-state index in [0.717, 1.165) is 37.9 Å². The fourth-order valence-corrected chi connectivity index (χ4v) is 3.96. The minimum absolute atomic E-state index is 0.0647. The van der Waals surface area contributed by atoms with Crippen LogP contribution in [0.2, 0.25) is 0 Å². The summed E-state index contributed by atoms with van der Waals surface area (Å²) in [7, 11) is 0. The number of likely N-dealkylation sites (tertiary alicyclic amines) is 1. The summed E-state index contributed by atoms with van der Waals surface area (Å²) in [5.74, 6) is 0.967. The number of carbonyl (C=O) groups is 1. The monoisotopic (exact) mass is 389 g/mol. The average Bonchev–Trinajstić information content (AvgIpc) is 3.26. The topological polar surface area (TPSA) is 72.4 Å². The van der Waals surface area contributed by atoms with E-state index in [1.807, 2.05) is 41.3 Å². The van der Waals surface area contributed by atoms with Crippen LogP contribution in [0.1, 0.15) is 46.4 Å². The third kappa shape index (κ3) is 4.93. The largest absolute Gasteiger partial charge is 0.446 e. The second-order valence-corrected chi connectivity index (χ2v) is 7.79. The van der Waals surface area contributed by atoms with Crippen molar-refractivity contribution in [3.8, 4) is 0 Å². The SMILES string of the molecule is NC(Cc1ccccc1)c1nc(C(=O)N2CCC(Cc3ccccc3)CC2)co1. The Morgan fingerprint density at radius 3 is 2.31 bits per heavy atom. The summed E-state index contributed by atoms with van der Waals surface area (Å²) >= 11 is 0. The summed E-state index contributed by atoms with van der Waals surface area (Å²) in [6.07, 6.45) is 5.17. The highest BCUT2D eigenvalue weighted by Crippen LogP contribution is 2.23. The van der Waals surface area contributed by atoms with Crippen LogP contribution in [0.4, 0.5) is 0 Å². The number of piperidine rings is 1. The van der Waals surface area contributed by atoms with Crippen molar-refractivity contribution in [2.24, 2.45) is 11.7 Å². The van der Waals surface area contributed by atoms with Gasteiger partial charge >= 0.3 is 0 Å². The second kappa shape index (κ2) is 9.05. The van der Waals surface area contributed by atoms with Crippen LogP contribution in [0.5, 0.6) is 0 Å². The molecule has 4 rings (SSSR count). The molecule has 1 atom stereocenters. The van der Waals surface area contributed by atoms with Crippen LogP contribution in [0.3, 0.4) is 0 Å². The van der Waals surface area contributed by atoms with Gasteiger partial charge in [-0.2, -0.15) is 0 Å². The van der Waals surface area contributed by atoms with Gasteiger partial charge in [-0.3, -0.25) is 4.79 Å². The third-order valence-corrected chi connectivity index (χ3v) is 5.63. The standard InChI is InChI=1S/C24H27N3O2/c25-21(16-19-9-5-2-6-10-19)23-26-22(17-29-23)24(28)27-13-11-20(12-14-27)15-18-7-3-1-4-8-18/h1-10,17,20-21H,11-16,25H2. The number of rotatable bonds is 6. The highest BCUT2D eigenvalue weighted by molar-refractivity contribution is 5.92. The van der Waals surface area contributed by atoms with Crippen LogP contribution in [0.15, 0.2) is 71.3 Å². The third-order valence-electron chi connectivity index (χ3n) is 5.63. The van der Waals surface area contributed by atoms with Gasteiger partial charge in [0, 0.05) is 13.1 Å². The number of aromatic nitrogens is 1. The number of amides is 1. The normalized spacial score (nSPS) is 16.0. The lowest BCUT2D eigenvalue weighted by Gasteiger charge is -2.31. The van der Waals surface area contributed by atoms with Crippen LogP contribution < -0.4 is 5.73 Å². The molecule has 5 heteroatoms. The molecule has 0 spiro atoms. The molecule has 0 radical (unpaired) electrons. The zero-order chi connectivity index (χ0) is 20.1. The van der Waals surface area contributed by atoms with Crippen LogP contribution in [0, 0.1) is 5.92 Å². The lowest BCUT2D eigenvalue weighted by atomic mass is 9.90. The summed E-state index contributed by atoms with van der Waals surface area (Å²) in [4.78, 5) is 19.1. The van der Waals surface area contributed by atoms with E-state index in [4.69, 9.17) is 10.2 Å². The molecule has 3 aromatic rings. The Bertz CT molecular complexity index is 916. The lowest BCUT2D eigenvalue weighted by Crippen LogP contribution is -2.39. The maximum Gasteiger partial charge on any atom is 0.275 e. The second-order valence-electron chi connectivity index (χ2n) is 7.79. The zero-order valence-electron chi connectivity index (χ0n) is 16.5. The Labute approximate surface area is 171 Å². The Hall–Kier alpha value is -2.92. The minimum Gasteiger partial charge on any atom is -0.446 e. The highest BCUT2D eigenvalue weighted by Gasteiger charge is 2.26. The molecule has 1 fully saturated rings. The van der Waals surface area contributed by atoms with Gasteiger partial charge in [0.05, 0.1) is 6.04 Å². The van der Waals surface area contributed by atoms with Gasteiger partial charge in [0.15, 0.2) is 5.69 Å². The molecule has 1 aliphatic rings. The number of benzene rings is 2.